The molecule has 100 valence electrons. The zero-order valence-corrected chi connectivity index (χ0v) is 11.2. The Bertz CT molecular complexity index is 373. The van der Waals surface area contributed by atoms with E-state index in [9.17, 15) is 5.11 Å². The first kappa shape index (κ1) is 13.1. The van der Waals surface area contributed by atoms with E-state index in [0.717, 1.165) is 50.7 Å². The Hall–Kier alpha value is -1.36. The summed E-state index contributed by atoms with van der Waals surface area (Å²) in [6.07, 6.45) is 3.13. The highest BCUT2D eigenvalue weighted by Gasteiger charge is 2.18. The van der Waals surface area contributed by atoms with Crippen LogP contribution in [0.15, 0.2) is 12.4 Å². The largest absolute Gasteiger partial charge is 0.393 e. The molecule has 0 aromatic carbocycles. The maximum atomic E-state index is 9.53. The third-order valence-corrected chi connectivity index (χ3v) is 3.51. The van der Waals surface area contributed by atoms with Crippen molar-refractivity contribution in [2.24, 2.45) is 0 Å². The van der Waals surface area contributed by atoms with Crippen LogP contribution in [0.3, 0.4) is 0 Å². The summed E-state index contributed by atoms with van der Waals surface area (Å²) in [7, 11) is 0. The van der Waals surface area contributed by atoms with E-state index in [1.165, 1.54) is 0 Å². The molecule has 0 aliphatic carbocycles. The highest BCUT2D eigenvalue weighted by atomic mass is 16.3. The first-order chi connectivity index (χ1) is 8.74. The second kappa shape index (κ2) is 6.00. The SMILES string of the molecule is CCN(CC)c1cc(N2CCC(O)CC2)ncn1. The number of rotatable bonds is 4. The van der Waals surface area contributed by atoms with Crippen molar-refractivity contribution in [3.05, 3.63) is 12.4 Å². The molecule has 0 unspecified atom stereocenters. The highest BCUT2D eigenvalue weighted by molar-refractivity contribution is 5.50. The molecule has 1 N–H and O–H groups in total. The van der Waals surface area contributed by atoms with E-state index in [4.69, 9.17) is 0 Å². The van der Waals surface area contributed by atoms with Gasteiger partial charge in [-0.05, 0) is 26.7 Å². The van der Waals surface area contributed by atoms with Crippen LogP contribution in [0.4, 0.5) is 11.6 Å². The fourth-order valence-electron chi connectivity index (χ4n) is 2.33. The van der Waals surface area contributed by atoms with E-state index >= 15 is 0 Å². The van der Waals surface area contributed by atoms with Crippen molar-refractivity contribution in [3.8, 4) is 0 Å². The van der Waals surface area contributed by atoms with Crippen LogP contribution < -0.4 is 9.80 Å². The predicted octanol–water partition coefficient (Wildman–Crippen LogP) is 1.28. The Labute approximate surface area is 108 Å². The Morgan fingerprint density at radius 3 is 2.56 bits per heavy atom. The number of hydrogen-bond acceptors (Lipinski definition) is 5. The number of piperidine rings is 1. The molecule has 1 aliphatic heterocycles. The molecule has 0 spiro atoms. The molecule has 1 saturated heterocycles. The van der Waals surface area contributed by atoms with Gasteiger partial charge < -0.3 is 14.9 Å². The third-order valence-electron chi connectivity index (χ3n) is 3.51. The van der Waals surface area contributed by atoms with Gasteiger partial charge in [-0.15, -0.1) is 0 Å². The van der Waals surface area contributed by atoms with Gasteiger partial charge in [-0.25, -0.2) is 9.97 Å². The van der Waals surface area contributed by atoms with Crippen LogP contribution in [0.2, 0.25) is 0 Å². The zero-order valence-electron chi connectivity index (χ0n) is 11.2. The summed E-state index contributed by atoms with van der Waals surface area (Å²) in [6.45, 7) is 7.90. The van der Waals surface area contributed by atoms with Crippen LogP contribution >= 0.6 is 0 Å². The van der Waals surface area contributed by atoms with Gasteiger partial charge in [0.1, 0.15) is 18.0 Å². The minimum atomic E-state index is -0.148. The molecule has 2 heterocycles. The third kappa shape index (κ3) is 2.90. The Kier molecular flexibility index (Phi) is 4.36. The van der Waals surface area contributed by atoms with E-state index in [1.807, 2.05) is 6.07 Å². The zero-order chi connectivity index (χ0) is 13.0. The van der Waals surface area contributed by atoms with Crippen LogP contribution in [-0.2, 0) is 0 Å². The molecule has 2 rings (SSSR count). The Morgan fingerprint density at radius 2 is 1.94 bits per heavy atom. The van der Waals surface area contributed by atoms with Crippen LogP contribution in [-0.4, -0.2) is 47.4 Å². The van der Waals surface area contributed by atoms with Gasteiger partial charge in [0.15, 0.2) is 0 Å². The van der Waals surface area contributed by atoms with Crippen molar-refractivity contribution in [2.45, 2.75) is 32.8 Å². The van der Waals surface area contributed by atoms with Gasteiger partial charge in [-0.2, -0.15) is 0 Å². The average molecular weight is 250 g/mol. The average Bonchev–Trinajstić information content (AvgIpc) is 2.41. The molecule has 1 fully saturated rings. The summed E-state index contributed by atoms with van der Waals surface area (Å²) in [6, 6.07) is 2.05. The lowest BCUT2D eigenvalue weighted by Gasteiger charge is -2.31. The van der Waals surface area contributed by atoms with Crippen molar-refractivity contribution < 1.29 is 5.11 Å². The molecular weight excluding hydrogens is 228 g/mol. The number of nitrogens with zero attached hydrogens (tertiary/aromatic N) is 4. The van der Waals surface area contributed by atoms with E-state index in [0.29, 0.717) is 0 Å². The molecule has 5 nitrogen and oxygen atoms in total. The predicted molar refractivity (Wildman–Crippen MR) is 73.0 cm³/mol. The smallest absolute Gasteiger partial charge is 0.134 e. The minimum absolute atomic E-state index is 0.148. The first-order valence-corrected chi connectivity index (χ1v) is 6.74. The molecule has 1 aliphatic rings. The molecule has 18 heavy (non-hydrogen) atoms. The molecule has 5 heteroatoms. The number of anilines is 2. The van der Waals surface area contributed by atoms with E-state index in [1.54, 1.807) is 6.33 Å². The van der Waals surface area contributed by atoms with E-state index in [-0.39, 0.29) is 6.10 Å². The van der Waals surface area contributed by atoms with Crippen molar-refractivity contribution in [1.82, 2.24) is 9.97 Å². The molecule has 0 bridgehead atoms. The second-order valence-corrected chi connectivity index (χ2v) is 4.62. The summed E-state index contributed by atoms with van der Waals surface area (Å²) in [5.41, 5.74) is 0. The van der Waals surface area contributed by atoms with Crippen molar-refractivity contribution >= 4 is 11.6 Å². The number of aliphatic hydroxyl groups is 1. The molecule has 0 amide bonds. The number of aromatic nitrogens is 2. The van der Waals surface area contributed by atoms with Gasteiger partial charge in [0.05, 0.1) is 6.10 Å². The van der Waals surface area contributed by atoms with E-state index < -0.39 is 0 Å². The van der Waals surface area contributed by atoms with Gasteiger partial charge in [0.2, 0.25) is 0 Å². The maximum absolute atomic E-state index is 9.53. The van der Waals surface area contributed by atoms with Crippen LogP contribution in [0.25, 0.3) is 0 Å². The van der Waals surface area contributed by atoms with Crippen LogP contribution in [0.1, 0.15) is 26.7 Å². The summed E-state index contributed by atoms with van der Waals surface area (Å²) in [5, 5.41) is 9.53. The molecule has 1 aromatic heterocycles. The quantitative estimate of drug-likeness (QED) is 0.872. The highest BCUT2D eigenvalue weighted by Crippen LogP contribution is 2.21. The second-order valence-electron chi connectivity index (χ2n) is 4.62. The van der Waals surface area contributed by atoms with Crippen LogP contribution in [0.5, 0.6) is 0 Å². The molecule has 0 saturated carbocycles. The fraction of sp³-hybridized carbons (Fsp3) is 0.692. The Balaban J connectivity index is 2.11. The summed E-state index contributed by atoms with van der Waals surface area (Å²) >= 11 is 0. The number of hydrogen-bond donors (Lipinski definition) is 1. The molecule has 1 aromatic rings. The van der Waals surface area contributed by atoms with E-state index in [2.05, 4.69) is 33.6 Å². The van der Waals surface area contributed by atoms with Gasteiger partial charge in [-0.1, -0.05) is 0 Å². The van der Waals surface area contributed by atoms with Gasteiger partial charge in [0.25, 0.3) is 0 Å². The molecule has 0 atom stereocenters. The standard InChI is InChI=1S/C13H22N4O/c1-3-16(4-2)12-9-13(15-10-14-12)17-7-5-11(18)6-8-17/h9-11,18H,3-8H2,1-2H3. The molecular formula is C13H22N4O. The summed E-state index contributed by atoms with van der Waals surface area (Å²) in [5.74, 6) is 1.95. The monoisotopic (exact) mass is 250 g/mol. The lowest BCUT2D eigenvalue weighted by Crippen LogP contribution is -2.36. The Morgan fingerprint density at radius 1 is 1.28 bits per heavy atom. The lowest BCUT2D eigenvalue weighted by atomic mass is 10.1. The van der Waals surface area contributed by atoms with Crippen molar-refractivity contribution in [1.29, 1.82) is 0 Å². The lowest BCUT2D eigenvalue weighted by molar-refractivity contribution is 0.145. The topological polar surface area (TPSA) is 52.5 Å². The maximum Gasteiger partial charge on any atom is 0.134 e. The van der Waals surface area contributed by atoms with Crippen LogP contribution in [0, 0.1) is 0 Å². The number of aliphatic hydroxyl groups excluding tert-OH is 1. The molecule has 0 radical (unpaired) electrons. The summed E-state index contributed by atoms with van der Waals surface area (Å²) < 4.78 is 0. The first-order valence-electron chi connectivity index (χ1n) is 6.74. The minimum Gasteiger partial charge on any atom is -0.393 e. The van der Waals surface area contributed by atoms with Gasteiger partial charge in [-0.3, -0.25) is 0 Å². The normalized spacial score (nSPS) is 16.9. The summed E-state index contributed by atoms with van der Waals surface area (Å²) in [4.78, 5) is 13.1. The van der Waals surface area contributed by atoms with Crippen molar-refractivity contribution in [2.75, 3.05) is 36.0 Å². The van der Waals surface area contributed by atoms with Gasteiger partial charge >= 0.3 is 0 Å². The van der Waals surface area contributed by atoms with Crippen molar-refractivity contribution in [3.63, 3.8) is 0 Å². The van der Waals surface area contributed by atoms with Gasteiger partial charge in [0, 0.05) is 32.2 Å². The fourth-order valence-corrected chi connectivity index (χ4v) is 2.33.